The molecule has 0 spiro atoms. The minimum Gasteiger partial charge on any atom is -0.436 e. The molecule has 52 heavy (non-hydrogen) atoms. The third-order valence-electron chi connectivity index (χ3n) is 10.0. The van der Waals surface area contributed by atoms with Gasteiger partial charge in [0.15, 0.2) is 5.58 Å². The van der Waals surface area contributed by atoms with Crippen molar-refractivity contribution in [3.8, 4) is 33.7 Å². The zero-order chi connectivity index (χ0) is 34.4. The molecule has 0 bridgehead atoms. The first kappa shape index (κ1) is 29.9. The van der Waals surface area contributed by atoms with Crippen molar-refractivity contribution in [2.45, 2.75) is 0 Å². The third-order valence-corrected chi connectivity index (χ3v) is 10.0. The summed E-state index contributed by atoms with van der Waals surface area (Å²) in [7, 11) is 0. The number of fused-ring (bicyclic) bond motifs is 5. The monoisotopic (exact) mass is 664 g/mol. The minimum atomic E-state index is 0.613. The zero-order valence-electron chi connectivity index (χ0n) is 28.3. The molecule has 1 aromatic heterocycles. The molecule has 0 atom stereocenters. The molecule has 0 N–H and O–H groups in total. The van der Waals surface area contributed by atoms with Gasteiger partial charge in [0.05, 0.1) is 5.69 Å². The average molecular weight is 665 g/mol. The number of rotatable bonds is 6. The van der Waals surface area contributed by atoms with E-state index in [9.17, 15) is 0 Å². The maximum absolute atomic E-state index is 6.64. The van der Waals surface area contributed by atoms with Crippen molar-refractivity contribution in [1.29, 1.82) is 0 Å². The summed E-state index contributed by atoms with van der Waals surface area (Å²) in [4.78, 5) is 7.44. The number of nitrogens with zero attached hydrogens (tertiary/aromatic N) is 2. The predicted octanol–water partition coefficient (Wildman–Crippen LogP) is 13.8. The highest BCUT2D eigenvalue weighted by molar-refractivity contribution is 6.12. The molecule has 10 aromatic rings. The van der Waals surface area contributed by atoms with Gasteiger partial charge in [-0.25, -0.2) is 4.98 Å². The van der Waals surface area contributed by atoms with Crippen molar-refractivity contribution in [2.75, 3.05) is 4.90 Å². The Morgan fingerprint density at radius 1 is 0.365 bits per heavy atom. The van der Waals surface area contributed by atoms with Crippen LogP contribution in [0.2, 0.25) is 0 Å². The zero-order valence-corrected chi connectivity index (χ0v) is 28.3. The highest BCUT2D eigenvalue weighted by Gasteiger charge is 2.21. The molecule has 3 heteroatoms. The van der Waals surface area contributed by atoms with Crippen LogP contribution in [0.3, 0.4) is 0 Å². The third kappa shape index (κ3) is 5.28. The lowest BCUT2D eigenvalue weighted by Crippen LogP contribution is -2.10. The molecule has 0 amide bonds. The lowest BCUT2D eigenvalue weighted by Gasteiger charge is -2.27. The van der Waals surface area contributed by atoms with Gasteiger partial charge in [0.1, 0.15) is 5.52 Å². The molecule has 0 fully saturated rings. The van der Waals surface area contributed by atoms with Crippen LogP contribution in [0.25, 0.3) is 77.1 Å². The summed E-state index contributed by atoms with van der Waals surface area (Å²) < 4.78 is 6.64. The molecule has 0 aliphatic carbocycles. The van der Waals surface area contributed by atoms with E-state index in [0.717, 1.165) is 49.9 Å². The van der Waals surface area contributed by atoms with E-state index >= 15 is 0 Å². The van der Waals surface area contributed by atoms with Gasteiger partial charge in [-0.15, -0.1) is 0 Å². The second-order valence-corrected chi connectivity index (χ2v) is 13.2. The Kier molecular flexibility index (Phi) is 7.14. The maximum atomic E-state index is 6.64. The van der Waals surface area contributed by atoms with Crippen LogP contribution < -0.4 is 4.90 Å². The van der Waals surface area contributed by atoms with Gasteiger partial charge in [-0.1, -0.05) is 146 Å². The second-order valence-electron chi connectivity index (χ2n) is 13.2. The molecule has 0 saturated carbocycles. The molecule has 0 aliphatic rings. The van der Waals surface area contributed by atoms with Crippen molar-refractivity contribution >= 4 is 60.5 Å². The van der Waals surface area contributed by atoms with Gasteiger partial charge in [-0.3, -0.25) is 0 Å². The Balaban J connectivity index is 1.15. The van der Waals surface area contributed by atoms with Crippen molar-refractivity contribution in [3.05, 3.63) is 194 Å². The van der Waals surface area contributed by atoms with Crippen molar-refractivity contribution in [2.24, 2.45) is 0 Å². The van der Waals surface area contributed by atoms with Crippen LogP contribution in [0.4, 0.5) is 17.1 Å². The average Bonchev–Trinajstić information content (AvgIpc) is 3.66. The molecule has 0 aliphatic heterocycles. The number of anilines is 3. The summed E-state index contributed by atoms with van der Waals surface area (Å²) in [6, 6.07) is 68.8. The van der Waals surface area contributed by atoms with Gasteiger partial charge in [0.25, 0.3) is 0 Å². The molecule has 244 valence electrons. The molecular formula is C49H32N2O. The van der Waals surface area contributed by atoms with Crippen LogP contribution in [0.1, 0.15) is 0 Å². The predicted molar refractivity (Wildman–Crippen MR) is 218 cm³/mol. The Hall–Kier alpha value is -6.97. The van der Waals surface area contributed by atoms with E-state index in [1.54, 1.807) is 0 Å². The fraction of sp³-hybridized carbons (Fsp3) is 0. The van der Waals surface area contributed by atoms with Crippen LogP contribution in [-0.2, 0) is 0 Å². The number of oxazole rings is 1. The summed E-state index contributed by atoms with van der Waals surface area (Å²) in [5, 5.41) is 6.86. The number of hydrogen-bond acceptors (Lipinski definition) is 3. The maximum Gasteiger partial charge on any atom is 0.227 e. The van der Waals surface area contributed by atoms with Gasteiger partial charge in [-0.2, -0.15) is 0 Å². The molecule has 0 saturated heterocycles. The number of aromatic nitrogens is 1. The topological polar surface area (TPSA) is 29.3 Å². The fourth-order valence-corrected chi connectivity index (χ4v) is 7.41. The van der Waals surface area contributed by atoms with E-state index in [1.807, 2.05) is 0 Å². The largest absolute Gasteiger partial charge is 0.436 e. The van der Waals surface area contributed by atoms with Gasteiger partial charge in [0, 0.05) is 33.8 Å². The van der Waals surface area contributed by atoms with E-state index in [1.165, 1.54) is 38.4 Å². The van der Waals surface area contributed by atoms with Crippen LogP contribution in [0.15, 0.2) is 199 Å². The van der Waals surface area contributed by atoms with Crippen LogP contribution >= 0.6 is 0 Å². The molecule has 0 unspecified atom stereocenters. The Bertz CT molecular complexity index is 2890. The summed E-state index contributed by atoms with van der Waals surface area (Å²) >= 11 is 0. The highest BCUT2D eigenvalue weighted by atomic mass is 16.3. The molecule has 0 radical (unpaired) electrons. The quantitative estimate of drug-likeness (QED) is 0.177. The Morgan fingerprint density at radius 2 is 0.885 bits per heavy atom. The Labute approximate surface area is 301 Å². The second kappa shape index (κ2) is 12.4. The highest BCUT2D eigenvalue weighted by Crippen LogP contribution is 2.44. The van der Waals surface area contributed by atoms with Crippen molar-refractivity contribution < 1.29 is 4.42 Å². The number of benzene rings is 9. The summed E-state index contributed by atoms with van der Waals surface area (Å²) in [5.41, 5.74) is 10.5. The minimum absolute atomic E-state index is 0.613. The molecule has 10 rings (SSSR count). The van der Waals surface area contributed by atoms with Gasteiger partial charge in [-0.05, 0) is 86.3 Å². The molecule has 9 aromatic carbocycles. The lowest BCUT2D eigenvalue weighted by molar-refractivity contribution is 0.620. The van der Waals surface area contributed by atoms with E-state index in [4.69, 9.17) is 9.40 Å². The van der Waals surface area contributed by atoms with Gasteiger partial charge < -0.3 is 9.32 Å². The van der Waals surface area contributed by atoms with Crippen molar-refractivity contribution in [3.63, 3.8) is 0 Å². The smallest absolute Gasteiger partial charge is 0.227 e. The van der Waals surface area contributed by atoms with E-state index < -0.39 is 0 Å². The summed E-state index contributed by atoms with van der Waals surface area (Å²) in [5.74, 6) is 0.613. The Morgan fingerprint density at radius 3 is 1.67 bits per heavy atom. The first-order chi connectivity index (χ1) is 25.7. The first-order valence-electron chi connectivity index (χ1n) is 17.6. The van der Waals surface area contributed by atoms with E-state index in [-0.39, 0.29) is 0 Å². The van der Waals surface area contributed by atoms with Crippen LogP contribution in [0.5, 0.6) is 0 Å². The van der Waals surface area contributed by atoms with Gasteiger partial charge >= 0.3 is 0 Å². The molecular weight excluding hydrogens is 633 g/mol. The van der Waals surface area contributed by atoms with E-state index in [0.29, 0.717) is 5.89 Å². The molecule has 1 heterocycles. The van der Waals surface area contributed by atoms with Crippen LogP contribution in [-0.4, -0.2) is 4.98 Å². The SMILES string of the molecule is c1ccc(-c2ccc(N(c3ccc4cc(-c5ccccc5)ccc4c3)c3cc4oc(-c5ccc6ccccc6c5)nc4c4ccccc34)cc2)cc1. The summed E-state index contributed by atoms with van der Waals surface area (Å²) in [6.07, 6.45) is 0. The van der Waals surface area contributed by atoms with Crippen molar-refractivity contribution in [1.82, 2.24) is 4.98 Å². The number of hydrogen-bond donors (Lipinski definition) is 0. The summed E-state index contributed by atoms with van der Waals surface area (Å²) in [6.45, 7) is 0. The standard InChI is InChI=1S/C49H32N2O/c1-3-11-33(12-4-1)36-23-26-42(27-24-36)51(43-28-25-39-29-38(20-21-40(39)31-43)34-13-5-2-6-14-34)46-32-47-48(45-18-10-9-17-44(45)46)50-49(52-47)41-22-19-35-15-7-8-16-37(35)30-41/h1-32H. The molecule has 3 nitrogen and oxygen atoms in total. The van der Waals surface area contributed by atoms with Gasteiger partial charge in [0.2, 0.25) is 5.89 Å². The lowest BCUT2D eigenvalue weighted by atomic mass is 10.00. The fourth-order valence-electron chi connectivity index (χ4n) is 7.41. The van der Waals surface area contributed by atoms with Crippen LogP contribution in [0, 0.1) is 0 Å². The normalized spacial score (nSPS) is 11.5. The first-order valence-corrected chi connectivity index (χ1v) is 17.6. The van der Waals surface area contributed by atoms with E-state index in [2.05, 4.69) is 199 Å².